The maximum absolute atomic E-state index is 10.9. The van der Waals surface area contributed by atoms with E-state index in [4.69, 9.17) is 10.3 Å². The number of hydrogen-bond acceptors (Lipinski definition) is 2. The highest BCUT2D eigenvalue weighted by atomic mass is 32.2. The van der Waals surface area contributed by atoms with Crippen LogP contribution in [-0.2, 0) is 17.5 Å². The molecule has 1 aromatic rings. The molecule has 0 heterocycles. The molecule has 1 aromatic carbocycles. The zero-order valence-corrected chi connectivity index (χ0v) is 9.72. The Morgan fingerprint density at radius 3 is 2.73 bits per heavy atom. The lowest BCUT2D eigenvalue weighted by Gasteiger charge is -2.06. The first-order valence-corrected chi connectivity index (χ1v) is 6.25. The van der Waals surface area contributed by atoms with Gasteiger partial charge in [-0.1, -0.05) is 19.8 Å². The molecule has 0 saturated carbocycles. The van der Waals surface area contributed by atoms with Crippen LogP contribution in [-0.4, -0.2) is 8.76 Å². The van der Waals surface area contributed by atoms with Gasteiger partial charge in [0.15, 0.2) is 11.1 Å². The van der Waals surface area contributed by atoms with Gasteiger partial charge >= 0.3 is 0 Å². The Balaban J connectivity index is 2.76. The van der Waals surface area contributed by atoms with Gasteiger partial charge in [-0.25, -0.2) is 4.21 Å². The number of nitrogen functional groups attached to an aromatic ring is 1. The molecule has 0 fully saturated rings. The van der Waals surface area contributed by atoms with E-state index in [-0.39, 0.29) is 0 Å². The van der Waals surface area contributed by atoms with Gasteiger partial charge in [-0.05, 0) is 36.6 Å². The van der Waals surface area contributed by atoms with E-state index >= 15 is 0 Å². The van der Waals surface area contributed by atoms with Gasteiger partial charge in [0.05, 0.1) is 4.90 Å². The zero-order chi connectivity index (χ0) is 11.3. The van der Waals surface area contributed by atoms with E-state index in [9.17, 15) is 4.21 Å². The topological polar surface area (TPSA) is 63.3 Å². The Hall–Kier alpha value is -0.870. The second-order valence-corrected chi connectivity index (χ2v) is 4.54. The summed E-state index contributed by atoms with van der Waals surface area (Å²) in [6, 6.07) is 5.01. The predicted octanol–water partition coefficient (Wildman–Crippen LogP) is 2.58. The van der Waals surface area contributed by atoms with Gasteiger partial charge in [0.25, 0.3) is 0 Å². The lowest BCUT2D eigenvalue weighted by Crippen LogP contribution is -1.97. The Labute approximate surface area is 93.0 Å². The molecule has 0 bridgehead atoms. The summed E-state index contributed by atoms with van der Waals surface area (Å²) in [5.74, 6) is 0. The van der Waals surface area contributed by atoms with Crippen LogP contribution in [0.3, 0.4) is 0 Å². The first-order chi connectivity index (χ1) is 7.15. The molecular formula is C11H17NO2S. The van der Waals surface area contributed by atoms with Crippen LogP contribution in [0.1, 0.15) is 31.7 Å². The number of anilines is 1. The molecular weight excluding hydrogens is 210 g/mol. The molecule has 1 rings (SSSR count). The van der Waals surface area contributed by atoms with Crippen LogP contribution >= 0.6 is 0 Å². The van der Waals surface area contributed by atoms with Crippen molar-refractivity contribution in [3.63, 3.8) is 0 Å². The largest absolute Gasteiger partial charge is 0.399 e. The molecule has 0 radical (unpaired) electrons. The van der Waals surface area contributed by atoms with Crippen LogP contribution in [0.5, 0.6) is 0 Å². The van der Waals surface area contributed by atoms with E-state index in [1.54, 1.807) is 18.2 Å². The number of benzene rings is 1. The molecule has 1 atom stereocenters. The third-order valence-electron chi connectivity index (χ3n) is 2.37. The van der Waals surface area contributed by atoms with Crippen LogP contribution in [0, 0.1) is 0 Å². The van der Waals surface area contributed by atoms with Crippen molar-refractivity contribution in [3.05, 3.63) is 23.8 Å². The van der Waals surface area contributed by atoms with Crippen molar-refractivity contribution in [1.29, 1.82) is 0 Å². The number of aryl methyl sites for hydroxylation is 1. The highest BCUT2D eigenvalue weighted by molar-refractivity contribution is 7.79. The first-order valence-electron chi connectivity index (χ1n) is 5.14. The highest BCUT2D eigenvalue weighted by Crippen LogP contribution is 2.18. The smallest absolute Gasteiger partial charge is 0.186 e. The highest BCUT2D eigenvalue weighted by Gasteiger charge is 2.04. The number of rotatable bonds is 5. The third kappa shape index (κ3) is 3.64. The SMILES string of the molecule is CCCCCc1cc(S(=O)O)ccc1N. The van der Waals surface area contributed by atoms with Gasteiger partial charge in [0.1, 0.15) is 0 Å². The van der Waals surface area contributed by atoms with Crippen molar-refractivity contribution >= 4 is 16.8 Å². The van der Waals surface area contributed by atoms with Crippen LogP contribution < -0.4 is 5.73 Å². The van der Waals surface area contributed by atoms with E-state index in [1.807, 2.05) is 0 Å². The average molecular weight is 227 g/mol. The Morgan fingerprint density at radius 2 is 2.13 bits per heavy atom. The van der Waals surface area contributed by atoms with Gasteiger partial charge < -0.3 is 10.3 Å². The summed E-state index contributed by atoms with van der Waals surface area (Å²) in [5.41, 5.74) is 7.48. The maximum Gasteiger partial charge on any atom is 0.186 e. The van der Waals surface area contributed by atoms with Crippen molar-refractivity contribution in [3.8, 4) is 0 Å². The molecule has 3 nitrogen and oxygen atoms in total. The lowest BCUT2D eigenvalue weighted by molar-refractivity contribution is 0.564. The van der Waals surface area contributed by atoms with Crippen LogP contribution in [0.4, 0.5) is 5.69 Å². The molecule has 0 saturated heterocycles. The summed E-state index contributed by atoms with van der Waals surface area (Å²) in [6.07, 6.45) is 4.27. The minimum atomic E-state index is -1.91. The Morgan fingerprint density at radius 1 is 1.40 bits per heavy atom. The minimum Gasteiger partial charge on any atom is -0.399 e. The monoisotopic (exact) mass is 227 g/mol. The third-order valence-corrected chi connectivity index (χ3v) is 3.02. The molecule has 15 heavy (non-hydrogen) atoms. The minimum absolute atomic E-state index is 0.427. The van der Waals surface area contributed by atoms with Crippen molar-refractivity contribution in [2.75, 3.05) is 5.73 Å². The quantitative estimate of drug-likeness (QED) is 0.461. The zero-order valence-electron chi connectivity index (χ0n) is 8.90. The predicted molar refractivity (Wildman–Crippen MR) is 63.1 cm³/mol. The summed E-state index contributed by atoms with van der Waals surface area (Å²) in [7, 11) is 0. The molecule has 4 heteroatoms. The maximum atomic E-state index is 10.9. The van der Waals surface area contributed by atoms with E-state index in [0.717, 1.165) is 31.2 Å². The number of nitrogens with two attached hydrogens (primary N) is 1. The normalized spacial score (nSPS) is 12.7. The molecule has 0 aliphatic rings. The number of unbranched alkanes of at least 4 members (excludes halogenated alkanes) is 2. The standard InChI is InChI=1S/C11H17NO2S/c1-2-3-4-5-9-8-10(15(13)14)6-7-11(9)12/h6-8H,2-5,12H2,1H3,(H,13,14). The van der Waals surface area contributed by atoms with Crippen LogP contribution in [0.25, 0.3) is 0 Å². The van der Waals surface area contributed by atoms with Gasteiger partial charge in [-0.2, -0.15) is 0 Å². The first kappa shape index (κ1) is 12.2. The second-order valence-electron chi connectivity index (χ2n) is 3.57. The van der Waals surface area contributed by atoms with Crippen LogP contribution in [0.15, 0.2) is 23.1 Å². The van der Waals surface area contributed by atoms with Crippen molar-refractivity contribution in [2.24, 2.45) is 0 Å². The lowest BCUT2D eigenvalue weighted by atomic mass is 10.1. The van der Waals surface area contributed by atoms with Gasteiger partial charge in [-0.3, -0.25) is 0 Å². The Bertz CT molecular complexity index is 352. The number of hydrogen-bond donors (Lipinski definition) is 2. The fourth-order valence-electron chi connectivity index (χ4n) is 1.47. The summed E-state index contributed by atoms with van der Waals surface area (Å²) in [5, 5.41) is 0. The van der Waals surface area contributed by atoms with E-state index in [2.05, 4.69) is 6.92 Å². The second kappa shape index (κ2) is 5.88. The molecule has 0 aliphatic heterocycles. The van der Waals surface area contributed by atoms with E-state index in [0.29, 0.717) is 10.6 Å². The van der Waals surface area contributed by atoms with E-state index in [1.165, 1.54) is 0 Å². The van der Waals surface area contributed by atoms with Crippen molar-refractivity contribution in [2.45, 2.75) is 37.5 Å². The van der Waals surface area contributed by atoms with Gasteiger partial charge in [0, 0.05) is 5.69 Å². The molecule has 0 spiro atoms. The summed E-state index contributed by atoms with van der Waals surface area (Å²) < 4.78 is 19.8. The molecule has 3 N–H and O–H groups in total. The summed E-state index contributed by atoms with van der Waals surface area (Å²) in [6.45, 7) is 2.14. The molecule has 0 aromatic heterocycles. The van der Waals surface area contributed by atoms with Crippen LogP contribution in [0.2, 0.25) is 0 Å². The fourth-order valence-corrected chi connectivity index (χ4v) is 1.90. The molecule has 84 valence electrons. The van der Waals surface area contributed by atoms with Gasteiger partial charge in [-0.15, -0.1) is 0 Å². The average Bonchev–Trinajstić information content (AvgIpc) is 2.20. The van der Waals surface area contributed by atoms with Gasteiger partial charge in [0.2, 0.25) is 0 Å². The van der Waals surface area contributed by atoms with Crippen molar-refractivity contribution < 1.29 is 8.76 Å². The fraction of sp³-hybridized carbons (Fsp3) is 0.455. The summed E-state index contributed by atoms with van der Waals surface area (Å²) in [4.78, 5) is 0.427. The summed E-state index contributed by atoms with van der Waals surface area (Å²) >= 11 is -1.91. The molecule has 0 aliphatic carbocycles. The molecule has 0 amide bonds. The van der Waals surface area contributed by atoms with E-state index < -0.39 is 11.1 Å². The molecule has 1 unspecified atom stereocenters. The Kier molecular flexibility index (Phi) is 4.78. The van der Waals surface area contributed by atoms with Crippen molar-refractivity contribution in [1.82, 2.24) is 0 Å².